The molecular weight excluding hydrogens is 284 g/mol. The van der Waals surface area contributed by atoms with Crippen LogP contribution in [0, 0.1) is 0 Å². The van der Waals surface area contributed by atoms with Gasteiger partial charge in [-0.15, -0.1) is 0 Å². The summed E-state index contributed by atoms with van der Waals surface area (Å²) in [5.41, 5.74) is 3.84. The highest BCUT2D eigenvalue weighted by molar-refractivity contribution is 5.92. The Kier molecular flexibility index (Phi) is 4.79. The smallest absolute Gasteiger partial charge is 0.270 e. The highest BCUT2D eigenvalue weighted by Gasteiger charge is 2.07. The Morgan fingerprint density at radius 2 is 1.43 bits per heavy atom. The molecule has 23 heavy (non-hydrogen) atoms. The fourth-order valence-corrected chi connectivity index (χ4v) is 2.36. The average molecular weight is 302 g/mol. The SMILES string of the molecule is O=C(NCc1ccccc1)c1ccc(Cc2ccccc2)cn1. The van der Waals surface area contributed by atoms with Crippen molar-refractivity contribution in [1.29, 1.82) is 0 Å². The van der Waals surface area contributed by atoms with E-state index in [1.54, 1.807) is 12.3 Å². The van der Waals surface area contributed by atoms with Crippen molar-refractivity contribution in [3.8, 4) is 0 Å². The number of rotatable bonds is 5. The third kappa shape index (κ3) is 4.27. The molecule has 0 aliphatic rings. The van der Waals surface area contributed by atoms with Crippen LogP contribution in [-0.2, 0) is 13.0 Å². The van der Waals surface area contributed by atoms with Crippen LogP contribution in [0.5, 0.6) is 0 Å². The number of nitrogens with zero attached hydrogens (tertiary/aromatic N) is 1. The van der Waals surface area contributed by atoms with Crippen LogP contribution < -0.4 is 5.32 Å². The van der Waals surface area contributed by atoms with E-state index in [4.69, 9.17) is 0 Å². The van der Waals surface area contributed by atoms with Crippen LogP contribution >= 0.6 is 0 Å². The molecule has 0 unspecified atom stereocenters. The van der Waals surface area contributed by atoms with Gasteiger partial charge in [-0.25, -0.2) is 0 Å². The zero-order valence-electron chi connectivity index (χ0n) is 12.8. The van der Waals surface area contributed by atoms with Crippen molar-refractivity contribution in [2.45, 2.75) is 13.0 Å². The van der Waals surface area contributed by atoms with Crippen molar-refractivity contribution in [3.63, 3.8) is 0 Å². The van der Waals surface area contributed by atoms with Gasteiger partial charge in [0.25, 0.3) is 5.91 Å². The first-order chi connectivity index (χ1) is 11.3. The first-order valence-electron chi connectivity index (χ1n) is 7.62. The van der Waals surface area contributed by atoms with Gasteiger partial charge < -0.3 is 5.32 Å². The Morgan fingerprint density at radius 3 is 2.04 bits per heavy atom. The maximum Gasteiger partial charge on any atom is 0.270 e. The number of carbonyl (C=O) groups is 1. The Hall–Kier alpha value is -2.94. The molecule has 0 bridgehead atoms. The third-order valence-electron chi connectivity index (χ3n) is 3.60. The summed E-state index contributed by atoms with van der Waals surface area (Å²) in [6.45, 7) is 0.507. The Morgan fingerprint density at radius 1 is 0.783 bits per heavy atom. The zero-order valence-corrected chi connectivity index (χ0v) is 12.8. The van der Waals surface area contributed by atoms with Crippen LogP contribution in [0.15, 0.2) is 79.0 Å². The number of pyridine rings is 1. The molecule has 1 amide bonds. The first kappa shape index (κ1) is 15.0. The van der Waals surface area contributed by atoms with E-state index in [0.29, 0.717) is 12.2 Å². The second-order valence-electron chi connectivity index (χ2n) is 5.38. The summed E-state index contributed by atoms with van der Waals surface area (Å²) in [6.07, 6.45) is 2.59. The molecule has 0 atom stereocenters. The number of nitrogens with one attached hydrogen (secondary N) is 1. The van der Waals surface area contributed by atoms with Gasteiger partial charge in [-0.2, -0.15) is 0 Å². The lowest BCUT2D eigenvalue weighted by Gasteiger charge is -2.06. The van der Waals surface area contributed by atoms with E-state index >= 15 is 0 Å². The molecule has 3 aromatic rings. The molecule has 1 N–H and O–H groups in total. The van der Waals surface area contributed by atoms with Crippen LogP contribution in [0.1, 0.15) is 27.2 Å². The van der Waals surface area contributed by atoms with Gasteiger partial charge in [0.05, 0.1) is 0 Å². The molecule has 3 heteroatoms. The summed E-state index contributed by atoms with van der Waals surface area (Å²) >= 11 is 0. The second-order valence-corrected chi connectivity index (χ2v) is 5.38. The number of hydrogen-bond acceptors (Lipinski definition) is 2. The quantitative estimate of drug-likeness (QED) is 0.782. The van der Waals surface area contributed by atoms with Gasteiger partial charge in [-0.1, -0.05) is 66.7 Å². The van der Waals surface area contributed by atoms with Gasteiger partial charge in [-0.05, 0) is 29.2 Å². The number of aromatic nitrogens is 1. The van der Waals surface area contributed by atoms with Crippen molar-refractivity contribution in [2.24, 2.45) is 0 Å². The van der Waals surface area contributed by atoms with Crippen LogP contribution in [0.3, 0.4) is 0 Å². The highest BCUT2D eigenvalue weighted by Crippen LogP contribution is 2.09. The summed E-state index contributed by atoms with van der Waals surface area (Å²) < 4.78 is 0. The predicted molar refractivity (Wildman–Crippen MR) is 91.1 cm³/mol. The van der Waals surface area contributed by atoms with Crippen molar-refractivity contribution >= 4 is 5.91 Å². The molecule has 0 radical (unpaired) electrons. The maximum absolute atomic E-state index is 12.1. The molecule has 3 rings (SSSR count). The van der Waals surface area contributed by atoms with E-state index in [1.807, 2.05) is 54.6 Å². The fourth-order valence-electron chi connectivity index (χ4n) is 2.36. The normalized spacial score (nSPS) is 10.3. The third-order valence-corrected chi connectivity index (χ3v) is 3.60. The van der Waals surface area contributed by atoms with Gasteiger partial charge >= 0.3 is 0 Å². The topological polar surface area (TPSA) is 42.0 Å². The van der Waals surface area contributed by atoms with Gasteiger partial charge in [0, 0.05) is 12.7 Å². The van der Waals surface area contributed by atoms with Crippen molar-refractivity contribution in [2.75, 3.05) is 0 Å². The average Bonchev–Trinajstić information content (AvgIpc) is 2.62. The lowest BCUT2D eigenvalue weighted by molar-refractivity contribution is 0.0946. The van der Waals surface area contributed by atoms with Crippen LogP contribution in [-0.4, -0.2) is 10.9 Å². The Balaban J connectivity index is 1.59. The van der Waals surface area contributed by atoms with Crippen LogP contribution in [0.4, 0.5) is 0 Å². The Labute approximate surface area is 136 Å². The highest BCUT2D eigenvalue weighted by atomic mass is 16.1. The minimum atomic E-state index is -0.153. The molecule has 1 heterocycles. The lowest BCUT2D eigenvalue weighted by atomic mass is 10.1. The summed E-state index contributed by atoms with van der Waals surface area (Å²) in [7, 11) is 0. The second kappa shape index (κ2) is 7.36. The maximum atomic E-state index is 12.1. The molecule has 0 aliphatic heterocycles. The number of hydrogen-bond donors (Lipinski definition) is 1. The van der Waals surface area contributed by atoms with E-state index in [-0.39, 0.29) is 5.91 Å². The van der Waals surface area contributed by atoms with Crippen molar-refractivity contribution < 1.29 is 4.79 Å². The molecule has 114 valence electrons. The Bertz CT molecular complexity index is 753. The first-order valence-corrected chi connectivity index (χ1v) is 7.62. The molecule has 0 saturated carbocycles. The van der Waals surface area contributed by atoms with E-state index in [1.165, 1.54) is 5.56 Å². The summed E-state index contributed by atoms with van der Waals surface area (Å²) in [4.78, 5) is 16.4. The molecule has 0 saturated heterocycles. The largest absolute Gasteiger partial charge is 0.347 e. The van der Waals surface area contributed by atoms with Gasteiger partial charge in [-0.3, -0.25) is 9.78 Å². The molecular formula is C20H18N2O. The molecule has 0 fully saturated rings. The fraction of sp³-hybridized carbons (Fsp3) is 0.100. The minimum absolute atomic E-state index is 0.153. The van der Waals surface area contributed by atoms with Crippen LogP contribution in [0.2, 0.25) is 0 Å². The van der Waals surface area contributed by atoms with E-state index in [2.05, 4.69) is 22.4 Å². The number of benzene rings is 2. The minimum Gasteiger partial charge on any atom is -0.347 e. The lowest BCUT2D eigenvalue weighted by Crippen LogP contribution is -2.23. The van der Waals surface area contributed by atoms with E-state index < -0.39 is 0 Å². The van der Waals surface area contributed by atoms with Gasteiger partial charge in [0.1, 0.15) is 5.69 Å². The molecule has 0 aliphatic carbocycles. The predicted octanol–water partition coefficient (Wildman–Crippen LogP) is 3.60. The van der Waals surface area contributed by atoms with Crippen molar-refractivity contribution in [3.05, 3.63) is 101 Å². The summed E-state index contributed by atoms with van der Waals surface area (Å²) in [5, 5.41) is 2.88. The molecule has 2 aromatic carbocycles. The molecule has 1 aromatic heterocycles. The summed E-state index contributed by atoms with van der Waals surface area (Å²) in [6, 6.07) is 23.8. The number of carbonyl (C=O) groups excluding carboxylic acids is 1. The van der Waals surface area contributed by atoms with Gasteiger partial charge in [0.2, 0.25) is 0 Å². The number of amides is 1. The summed E-state index contributed by atoms with van der Waals surface area (Å²) in [5.74, 6) is -0.153. The van der Waals surface area contributed by atoms with Crippen LogP contribution in [0.25, 0.3) is 0 Å². The standard InChI is InChI=1S/C20H18N2O/c23-20(22-14-17-9-5-2-6-10-17)19-12-11-18(15-21-19)13-16-7-3-1-4-8-16/h1-12,15H,13-14H2,(H,22,23). The van der Waals surface area contributed by atoms with Crippen molar-refractivity contribution in [1.82, 2.24) is 10.3 Å². The molecule has 0 spiro atoms. The van der Waals surface area contributed by atoms with Gasteiger partial charge in [0.15, 0.2) is 0 Å². The van der Waals surface area contributed by atoms with E-state index in [9.17, 15) is 4.79 Å². The molecule has 3 nitrogen and oxygen atoms in total. The van der Waals surface area contributed by atoms with E-state index in [0.717, 1.165) is 17.5 Å². The monoisotopic (exact) mass is 302 g/mol. The zero-order chi connectivity index (χ0) is 15.9.